The number of carbonyl (C=O) groups excluding carboxylic acids is 1. The van der Waals surface area contributed by atoms with Crippen LogP contribution in [0.25, 0.3) is 5.57 Å². The SMILES string of the molecule is Nc1ncc(C2=CCCCC2)cc1C(=O)c1cccc(N2CCCNCC2)n1.[HH].[HH].[HH]. The highest BCUT2D eigenvalue weighted by atomic mass is 16.1. The minimum absolute atomic E-state index is 0. The van der Waals surface area contributed by atoms with Gasteiger partial charge in [-0.25, -0.2) is 9.97 Å². The van der Waals surface area contributed by atoms with Crippen molar-refractivity contribution in [3.05, 3.63) is 53.4 Å². The number of ketones is 1. The molecular weight excluding hydrogens is 350 g/mol. The van der Waals surface area contributed by atoms with Gasteiger partial charge < -0.3 is 16.0 Å². The number of allylic oxidation sites excluding steroid dienone is 2. The number of hydrogen-bond donors (Lipinski definition) is 2. The Morgan fingerprint density at radius 3 is 2.96 bits per heavy atom. The first kappa shape index (κ1) is 18.6. The first-order valence-electron chi connectivity index (χ1n) is 10.1. The Labute approximate surface area is 170 Å². The van der Waals surface area contributed by atoms with Crippen LogP contribution in [0.3, 0.4) is 0 Å². The van der Waals surface area contributed by atoms with E-state index < -0.39 is 0 Å². The third kappa shape index (κ3) is 4.07. The van der Waals surface area contributed by atoms with Gasteiger partial charge in [0.25, 0.3) is 0 Å². The van der Waals surface area contributed by atoms with Crippen molar-refractivity contribution < 1.29 is 9.07 Å². The predicted octanol–water partition coefficient (Wildman–Crippen LogP) is 3.78. The van der Waals surface area contributed by atoms with E-state index in [1.165, 1.54) is 18.4 Å². The molecule has 6 nitrogen and oxygen atoms in total. The molecule has 3 heterocycles. The third-order valence-corrected chi connectivity index (χ3v) is 5.46. The summed E-state index contributed by atoms with van der Waals surface area (Å²) >= 11 is 0. The average molecular weight is 384 g/mol. The summed E-state index contributed by atoms with van der Waals surface area (Å²) in [5, 5.41) is 3.39. The fourth-order valence-corrected chi connectivity index (χ4v) is 3.87. The van der Waals surface area contributed by atoms with Crippen molar-refractivity contribution in [2.45, 2.75) is 32.1 Å². The molecule has 3 N–H and O–H groups in total. The lowest BCUT2D eigenvalue weighted by molar-refractivity contribution is 0.103. The van der Waals surface area contributed by atoms with E-state index >= 15 is 0 Å². The maximum atomic E-state index is 13.2. The van der Waals surface area contributed by atoms with Gasteiger partial charge in [-0.3, -0.25) is 4.79 Å². The van der Waals surface area contributed by atoms with Gasteiger partial charge in [0.05, 0.1) is 5.56 Å². The van der Waals surface area contributed by atoms with Crippen LogP contribution in [0.4, 0.5) is 11.6 Å². The molecule has 4 rings (SSSR count). The minimum atomic E-state index is -0.168. The number of hydrogen-bond acceptors (Lipinski definition) is 6. The predicted molar refractivity (Wildman–Crippen MR) is 119 cm³/mol. The summed E-state index contributed by atoms with van der Waals surface area (Å²) in [7, 11) is 0. The molecule has 0 radical (unpaired) electrons. The molecule has 28 heavy (non-hydrogen) atoms. The molecule has 1 aliphatic heterocycles. The highest BCUT2D eigenvalue weighted by Crippen LogP contribution is 2.28. The van der Waals surface area contributed by atoms with Gasteiger partial charge in [0.2, 0.25) is 5.78 Å². The van der Waals surface area contributed by atoms with Crippen LogP contribution in [0.15, 0.2) is 36.5 Å². The summed E-state index contributed by atoms with van der Waals surface area (Å²) in [5.41, 5.74) is 9.16. The maximum absolute atomic E-state index is 13.2. The summed E-state index contributed by atoms with van der Waals surface area (Å²) in [6.07, 6.45) is 9.59. The Hall–Kier alpha value is -2.73. The number of anilines is 2. The molecule has 0 spiro atoms. The molecule has 0 aromatic carbocycles. The summed E-state index contributed by atoms with van der Waals surface area (Å²) in [4.78, 5) is 24.3. The first-order valence-corrected chi connectivity index (χ1v) is 10.1. The molecule has 152 valence electrons. The highest BCUT2D eigenvalue weighted by molar-refractivity contribution is 6.11. The van der Waals surface area contributed by atoms with Crippen LogP contribution in [0.2, 0.25) is 0 Å². The van der Waals surface area contributed by atoms with Crippen molar-refractivity contribution >= 4 is 23.0 Å². The lowest BCUT2D eigenvalue weighted by Crippen LogP contribution is -2.29. The largest absolute Gasteiger partial charge is 0.383 e. The first-order chi connectivity index (χ1) is 13.7. The summed E-state index contributed by atoms with van der Waals surface area (Å²) in [6, 6.07) is 7.50. The standard InChI is InChI=1S/C22H27N5O.3H2/c23-22-18(14-17(15-25-22)16-6-2-1-3-7-16)21(28)19-8-4-9-20(26-19)27-12-5-10-24-11-13-27;;;/h4,6,8-9,14-15,24H,1-3,5,7,10-13H2,(H2,23,25);3*1H. The molecule has 0 bridgehead atoms. The van der Waals surface area contributed by atoms with E-state index in [1.807, 2.05) is 18.2 Å². The number of nitrogen functional groups attached to an aromatic ring is 1. The minimum Gasteiger partial charge on any atom is -0.383 e. The molecule has 2 aromatic heterocycles. The monoisotopic (exact) mass is 383 g/mol. The Balaban J connectivity index is 0.00000160. The second kappa shape index (κ2) is 8.52. The van der Waals surface area contributed by atoms with Crippen molar-refractivity contribution in [1.82, 2.24) is 15.3 Å². The van der Waals surface area contributed by atoms with Gasteiger partial charge in [0, 0.05) is 30.1 Å². The number of nitrogens with zero attached hydrogens (tertiary/aromatic N) is 3. The van der Waals surface area contributed by atoms with Crippen molar-refractivity contribution in [1.29, 1.82) is 0 Å². The average Bonchev–Trinajstić information content (AvgIpc) is 3.04. The molecule has 1 saturated heterocycles. The van der Waals surface area contributed by atoms with E-state index in [-0.39, 0.29) is 15.9 Å². The van der Waals surface area contributed by atoms with Gasteiger partial charge in [0.15, 0.2) is 0 Å². The fourth-order valence-electron chi connectivity index (χ4n) is 3.87. The second-order valence-corrected chi connectivity index (χ2v) is 7.43. The van der Waals surface area contributed by atoms with Gasteiger partial charge in [-0.1, -0.05) is 12.1 Å². The zero-order chi connectivity index (χ0) is 19.3. The zero-order valence-corrected chi connectivity index (χ0v) is 16.2. The number of nitrogens with one attached hydrogen (secondary N) is 1. The number of nitrogens with two attached hydrogens (primary N) is 1. The number of rotatable bonds is 4. The second-order valence-electron chi connectivity index (χ2n) is 7.43. The fraction of sp³-hybridized carbons (Fsp3) is 0.409. The van der Waals surface area contributed by atoms with Crippen LogP contribution >= 0.6 is 0 Å². The van der Waals surface area contributed by atoms with E-state index in [9.17, 15) is 4.79 Å². The Kier molecular flexibility index (Phi) is 5.67. The van der Waals surface area contributed by atoms with Gasteiger partial charge in [-0.15, -0.1) is 0 Å². The van der Waals surface area contributed by atoms with E-state index in [1.54, 1.807) is 12.3 Å². The molecule has 2 aromatic rings. The molecule has 1 aliphatic carbocycles. The van der Waals surface area contributed by atoms with Crippen molar-refractivity contribution in [2.24, 2.45) is 0 Å². The number of carbonyl (C=O) groups is 1. The van der Waals surface area contributed by atoms with Gasteiger partial charge >= 0.3 is 0 Å². The molecule has 0 unspecified atom stereocenters. The lowest BCUT2D eigenvalue weighted by atomic mass is 9.93. The summed E-state index contributed by atoms with van der Waals surface area (Å²) in [6.45, 7) is 3.76. The van der Waals surface area contributed by atoms with E-state index in [2.05, 4.69) is 26.3 Å². The summed E-state index contributed by atoms with van der Waals surface area (Å²) < 4.78 is 0. The van der Waals surface area contributed by atoms with E-state index in [0.29, 0.717) is 11.3 Å². The highest BCUT2D eigenvalue weighted by Gasteiger charge is 2.19. The van der Waals surface area contributed by atoms with Gasteiger partial charge in [0.1, 0.15) is 17.3 Å². The van der Waals surface area contributed by atoms with Crippen LogP contribution in [0, 0.1) is 0 Å². The van der Waals surface area contributed by atoms with Crippen LogP contribution in [0.5, 0.6) is 0 Å². The van der Waals surface area contributed by atoms with Gasteiger partial charge in [-0.05, 0) is 68.0 Å². The van der Waals surface area contributed by atoms with Crippen molar-refractivity contribution in [2.75, 3.05) is 36.8 Å². The normalized spacial score (nSPS) is 17.7. The molecule has 0 amide bonds. The molecule has 0 atom stereocenters. The van der Waals surface area contributed by atoms with Crippen LogP contribution in [-0.4, -0.2) is 41.9 Å². The summed E-state index contributed by atoms with van der Waals surface area (Å²) in [5.74, 6) is 0.932. The quantitative estimate of drug-likeness (QED) is 0.782. The molecule has 1 fully saturated rings. The Morgan fingerprint density at radius 1 is 1.18 bits per heavy atom. The van der Waals surface area contributed by atoms with E-state index in [0.717, 1.165) is 56.8 Å². The maximum Gasteiger partial charge on any atom is 0.215 e. The third-order valence-electron chi connectivity index (χ3n) is 5.46. The van der Waals surface area contributed by atoms with Crippen molar-refractivity contribution in [3.63, 3.8) is 0 Å². The molecular formula is C22H33N5O. The molecule has 0 saturated carbocycles. The van der Waals surface area contributed by atoms with Crippen LogP contribution < -0.4 is 16.0 Å². The smallest absolute Gasteiger partial charge is 0.215 e. The van der Waals surface area contributed by atoms with Gasteiger partial charge in [-0.2, -0.15) is 0 Å². The topological polar surface area (TPSA) is 84.1 Å². The van der Waals surface area contributed by atoms with E-state index in [4.69, 9.17) is 5.73 Å². The lowest BCUT2D eigenvalue weighted by Gasteiger charge is -2.21. The Bertz CT molecular complexity index is 898. The van der Waals surface area contributed by atoms with Crippen molar-refractivity contribution in [3.8, 4) is 0 Å². The number of aromatic nitrogens is 2. The van der Waals surface area contributed by atoms with Crippen LogP contribution in [0.1, 0.15) is 58.0 Å². The molecule has 6 heteroatoms. The molecule has 2 aliphatic rings. The Morgan fingerprint density at radius 2 is 2.11 bits per heavy atom. The van der Waals surface area contributed by atoms with Crippen LogP contribution in [-0.2, 0) is 0 Å². The zero-order valence-electron chi connectivity index (χ0n) is 16.2. The number of pyridine rings is 2.